The highest BCUT2D eigenvalue weighted by molar-refractivity contribution is 8.18. The van der Waals surface area contributed by atoms with E-state index in [-0.39, 0.29) is 42.8 Å². The fourth-order valence-electron chi connectivity index (χ4n) is 3.17. The molecule has 0 saturated carbocycles. The van der Waals surface area contributed by atoms with E-state index in [2.05, 4.69) is 5.32 Å². The summed E-state index contributed by atoms with van der Waals surface area (Å²) in [6.07, 6.45) is 2.84. The molecule has 3 amide bonds. The number of nitrogens with one attached hydrogen (secondary N) is 1. The minimum absolute atomic E-state index is 0.110. The van der Waals surface area contributed by atoms with Gasteiger partial charge in [0.1, 0.15) is 0 Å². The van der Waals surface area contributed by atoms with Gasteiger partial charge in [-0.3, -0.25) is 24.2 Å². The molecule has 1 atom stereocenters. The standard InChI is InChI=1S/C19H22ClN3O4S/c20-15-6-2-1-4-13(15)10-16-18(26)23(19(27)28-16)9-7-21-17(25)12-22-8-3-5-14(24)11-22/h1-2,4,6,10,14,24H,3,5,7-9,11-12H2,(H,21,25)/b16-10-. The molecule has 2 aliphatic rings. The predicted octanol–water partition coefficient (Wildman–Crippen LogP) is 1.95. The third-order valence-corrected chi connectivity index (χ3v) is 5.82. The number of hydrogen-bond donors (Lipinski definition) is 2. The molecule has 3 rings (SSSR count). The van der Waals surface area contributed by atoms with Crippen molar-refractivity contribution in [2.75, 3.05) is 32.7 Å². The van der Waals surface area contributed by atoms with Crippen LogP contribution in [0, 0.1) is 0 Å². The number of nitrogens with zero attached hydrogens (tertiary/aromatic N) is 2. The number of halogens is 1. The summed E-state index contributed by atoms with van der Waals surface area (Å²) < 4.78 is 0. The van der Waals surface area contributed by atoms with Gasteiger partial charge < -0.3 is 10.4 Å². The maximum atomic E-state index is 12.5. The Morgan fingerprint density at radius 2 is 2.14 bits per heavy atom. The quantitative estimate of drug-likeness (QED) is 0.680. The van der Waals surface area contributed by atoms with Crippen LogP contribution < -0.4 is 5.32 Å². The Kier molecular flexibility index (Phi) is 7.12. The number of aliphatic hydroxyl groups is 1. The van der Waals surface area contributed by atoms with E-state index >= 15 is 0 Å². The van der Waals surface area contributed by atoms with Gasteiger partial charge in [0.15, 0.2) is 0 Å². The zero-order valence-electron chi connectivity index (χ0n) is 15.3. The van der Waals surface area contributed by atoms with Gasteiger partial charge in [-0.2, -0.15) is 0 Å². The summed E-state index contributed by atoms with van der Waals surface area (Å²) >= 11 is 6.96. The van der Waals surface area contributed by atoms with Crippen LogP contribution in [0.15, 0.2) is 29.2 Å². The maximum Gasteiger partial charge on any atom is 0.293 e. The molecule has 2 saturated heterocycles. The molecule has 0 aliphatic carbocycles. The lowest BCUT2D eigenvalue weighted by atomic mass is 10.1. The molecule has 2 N–H and O–H groups in total. The topological polar surface area (TPSA) is 90.0 Å². The molecule has 28 heavy (non-hydrogen) atoms. The molecule has 150 valence electrons. The maximum absolute atomic E-state index is 12.5. The van der Waals surface area contributed by atoms with Gasteiger partial charge in [0, 0.05) is 24.7 Å². The average Bonchev–Trinajstić information content (AvgIpc) is 2.91. The van der Waals surface area contributed by atoms with E-state index in [0.29, 0.717) is 22.0 Å². The Hall–Kier alpha value is -1.87. The third kappa shape index (κ3) is 5.35. The van der Waals surface area contributed by atoms with Crippen molar-refractivity contribution < 1.29 is 19.5 Å². The van der Waals surface area contributed by atoms with Crippen LogP contribution in [-0.2, 0) is 9.59 Å². The second-order valence-corrected chi connectivity index (χ2v) is 8.14. The van der Waals surface area contributed by atoms with E-state index < -0.39 is 0 Å². The van der Waals surface area contributed by atoms with Crippen LogP contribution in [0.2, 0.25) is 5.02 Å². The van der Waals surface area contributed by atoms with Gasteiger partial charge in [0.2, 0.25) is 5.91 Å². The third-order valence-electron chi connectivity index (χ3n) is 4.57. The lowest BCUT2D eigenvalue weighted by Crippen LogP contribution is -2.45. The van der Waals surface area contributed by atoms with E-state index in [1.54, 1.807) is 30.3 Å². The first-order valence-electron chi connectivity index (χ1n) is 9.11. The zero-order chi connectivity index (χ0) is 20.1. The number of amides is 3. The molecule has 9 heteroatoms. The molecule has 0 radical (unpaired) electrons. The van der Waals surface area contributed by atoms with E-state index in [0.717, 1.165) is 36.0 Å². The summed E-state index contributed by atoms with van der Waals surface area (Å²) in [5.74, 6) is -0.573. The highest BCUT2D eigenvalue weighted by Gasteiger charge is 2.34. The van der Waals surface area contributed by atoms with Crippen molar-refractivity contribution in [3.8, 4) is 0 Å². The monoisotopic (exact) mass is 423 g/mol. The van der Waals surface area contributed by atoms with Gasteiger partial charge in [-0.05, 0) is 48.9 Å². The van der Waals surface area contributed by atoms with Crippen molar-refractivity contribution in [2.24, 2.45) is 0 Å². The Morgan fingerprint density at radius 1 is 1.36 bits per heavy atom. The average molecular weight is 424 g/mol. The van der Waals surface area contributed by atoms with Gasteiger partial charge in [0.25, 0.3) is 11.1 Å². The molecule has 2 fully saturated rings. The van der Waals surface area contributed by atoms with E-state index in [1.807, 2.05) is 4.90 Å². The summed E-state index contributed by atoms with van der Waals surface area (Å²) in [4.78, 5) is 40.0. The van der Waals surface area contributed by atoms with Crippen molar-refractivity contribution in [1.29, 1.82) is 0 Å². The second-order valence-electron chi connectivity index (χ2n) is 6.74. The summed E-state index contributed by atoms with van der Waals surface area (Å²) in [7, 11) is 0. The largest absolute Gasteiger partial charge is 0.392 e. The molecule has 2 aliphatic heterocycles. The summed E-state index contributed by atoms with van der Waals surface area (Å²) in [6, 6.07) is 7.08. The highest BCUT2D eigenvalue weighted by atomic mass is 35.5. The lowest BCUT2D eigenvalue weighted by molar-refractivity contribution is -0.125. The number of thioether (sulfide) groups is 1. The number of piperidine rings is 1. The predicted molar refractivity (Wildman–Crippen MR) is 109 cm³/mol. The Balaban J connectivity index is 1.49. The molecule has 7 nitrogen and oxygen atoms in total. The molecule has 1 unspecified atom stereocenters. The fraction of sp³-hybridized carbons (Fsp3) is 0.421. The molecular formula is C19H22ClN3O4S. The molecule has 1 aromatic rings. The molecule has 0 spiro atoms. The Labute approximate surface area is 172 Å². The number of rotatable bonds is 6. The number of carbonyl (C=O) groups excluding carboxylic acids is 3. The van der Waals surface area contributed by atoms with Gasteiger partial charge in [0.05, 0.1) is 17.6 Å². The molecule has 0 aromatic heterocycles. The zero-order valence-corrected chi connectivity index (χ0v) is 16.8. The number of likely N-dealkylation sites (tertiary alicyclic amines) is 1. The van der Waals surface area contributed by atoms with Gasteiger partial charge in [-0.25, -0.2) is 0 Å². The number of β-amino-alcohol motifs (C(OH)–C–C–N with tert-alkyl or cyclic N) is 1. The minimum atomic E-state index is -0.387. The smallest absolute Gasteiger partial charge is 0.293 e. The normalized spacial score (nSPS) is 22.1. The lowest BCUT2D eigenvalue weighted by Gasteiger charge is -2.29. The van der Waals surface area contributed by atoms with Crippen molar-refractivity contribution >= 4 is 46.5 Å². The first-order chi connectivity index (χ1) is 13.4. The SMILES string of the molecule is O=C(CN1CCCC(O)C1)NCCN1C(=O)S/C(=C\c2ccccc2Cl)C1=O. The van der Waals surface area contributed by atoms with Crippen molar-refractivity contribution in [1.82, 2.24) is 15.1 Å². The van der Waals surface area contributed by atoms with Crippen molar-refractivity contribution in [3.05, 3.63) is 39.8 Å². The number of imide groups is 1. The van der Waals surface area contributed by atoms with Crippen LogP contribution in [0.25, 0.3) is 6.08 Å². The summed E-state index contributed by atoms with van der Waals surface area (Å²) in [5.41, 5.74) is 0.673. The molecular weight excluding hydrogens is 402 g/mol. The van der Waals surface area contributed by atoms with Crippen LogP contribution in [-0.4, -0.2) is 70.8 Å². The Morgan fingerprint density at radius 3 is 2.89 bits per heavy atom. The minimum Gasteiger partial charge on any atom is -0.392 e. The van der Waals surface area contributed by atoms with E-state index in [9.17, 15) is 19.5 Å². The van der Waals surface area contributed by atoms with Crippen LogP contribution in [0.3, 0.4) is 0 Å². The second kappa shape index (κ2) is 9.56. The number of benzene rings is 1. The van der Waals surface area contributed by atoms with Gasteiger partial charge >= 0.3 is 0 Å². The fourth-order valence-corrected chi connectivity index (χ4v) is 4.21. The number of hydrogen-bond acceptors (Lipinski definition) is 6. The van der Waals surface area contributed by atoms with Crippen LogP contribution in [0.4, 0.5) is 4.79 Å². The van der Waals surface area contributed by atoms with E-state index in [1.165, 1.54) is 0 Å². The Bertz CT molecular complexity index is 801. The highest BCUT2D eigenvalue weighted by Crippen LogP contribution is 2.33. The van der Waals surface area contributed by atoms with Crippen molar-refractivity contribution in [2.45, 2.75) is 18.9 Å². The number of carbonyl (C=O) groups is 3. The van der Waals surface area contributed by atoms with Crippen LogP contribution in [0.1, 0.15) is 18.4 Å². The van der Waals surface area contributed by atoms with Gasteiger partial charge in [-0.1, -0.05) is 29.8 Å². The van der Waals surface area contributed by atoms with Crippen LogP contribution >= 0.6 is 23.4 Å². The molecule has 1 aromatic carbocycles. The van der Waals surface area contributed by atoms with Crippen molar-refractivity contribution in [3.63, 3.8) is 0 Å². The first kappa shape index (κ1) is 20.9. The number of aliphatic hydroxyl groups excluding tert-OH is 1. The summed E-state index contributed by atoms with van der Waals surface area (Å²) in [5, 5.41) is 12.5. The van der Waals surface area contributed by atoms with Gasteiger partial charge in [-0.15, -0.1) is 0 Å². The molecule has 2 heterocycles. The first-order valence-corrected chi connectivity index (χ1v) is 10.3. The van der Waals surface area contributed by atoms with E-state index in [4.69, 9.17) is 11.6 Å². The van der Waals surface area contributed by atoms with Crippen LogP contribution in [0.5, 0.6) is 0 Å². The molecule has 0 bridgehead atoms. The summed E-state index contributed by atoms with van der Waals surface area (Å²) in [6.45, 7) is 1.76.